The van der Waals surface area contributed by atoms with E-state index in [-0.39, 0.29) is 23.3 Å². The molecule has 0 unspecified atom stereocenters. The van der Waals surface area contributed by atoms with Crippen LogP contribution in [0.4, 0.5) is 23.2 Å². The van der Waals surface area contributed by atoms with Gasteiger partial charge in [-0.05, 0) is 181 Å². The molecule has 10 nitrogen and oxygen atoms in total. The van der Waals surface area contributed by atoms with Gasteiger partial charge in [0, 0.05) is 61.0 Å². The van der Waals surface area contributed by atoms with Gasteiger partial charge >= 0.3 is 0 Å². The lowest BCUT2D eigenvalue weighted by Crippen LogP contribution is -2.47. The molecule has 2 aliphatic rings. The van der Waals surface area contributed by atoms with Crippen LogP contribution in [0.5, 0.6) is 11.5 Å². The predicted molar refractivity (Wildman–Crippen MR) is 318 cm³/mol. The fraction of sp³-hybridized carbons (Fsp3) is 0.292. The monoisotopic (exact) mass is 1180 g/mol. The van der Waals surface area contributed by atoms with Gasteiger partial charge in [-0.25, -0.2) is 17.6 Å². The molecule has 0 spiro atoms. The number of hydrogen-bond donors (Lipinski definition) is 2. The van der Waals surface area contributed by atoms with E-state index in [0.29, 0.717) is 91.4 Å². The van der Waals surface area contributed by atoms with Crippen LogP contribution in [-0.2, 0) is 26.2 Å². The number of imidazole rings is 2. The van der Waals surface area contributed by atoms with Crippen molar-refractivity contribution in [2.24, 2.45) is 5.41 Å². The highest BCUT2D eigenvalue weighted by molar-refractivity contribution is 9.10. The number of nitrogens with one attached hydrogen (secondary N) is 2. The summed E-state index contributed by atoms with van der Waals surface area (Å²) < 4.78 is 74.4. The molecule has 0 amide bonds. The third kappa shape index (κ3) is 14.2. The normalized spacial score (nSPS) is 14.6. The highest BCUT2D eigenvalue weighted by Crippen LogP contribution is 2.43. The summed E-state index contributed by atoms with van der Waals surface area (Å²) in [5, 5.41) is 18.5. The Kier molecular flexibility index (Phi) is 18.0. The number of hydrogen-bond acceptors (Lipinski definition) is 6. The third-order valence-electron chi connectivity index (χ3n) is 15.3. The topological polar surface area (TPSA) is 92.4 Å². The number of aromatic nitrogens is 4. The number of aryl methyl sites for hydroxylation is 2. The van der Waals surface area contributed by atoms with Gasteiger partial charge in [0.2, 0.25) is 11.2 Å². The second kappa shape index (κ2) is 25.6. The summed E-state index contributed by atoms with van der Waals surface area (Å²) in [4.78, 5) is 5.06. The Balaban J connectivity index is 0.000000208. The second-order valence-electron chi connectivity index (χ2n) is 21.7. The molecular formula is C65H66BrClF4N8O2. The largest absolute Gasteiger partial charge is 0.494 e. The lowest BCUT2D eigenvalue weighted by atomic mass is 9.73. The van der Waals surface area contributed by atoms with Crippen LogP contribution in [0.2, 0.25) is 5.02 Å². The molecule has 7 aromatic carbocycles. The first-order valence-corrected chi connectivity index (χ1v) is 28.7. The Bertz CT molecular complexity index is 3750. The Hall–Kier alpha value is -7.33. The number of nitrogens with zero attached hydrogens (tertiary/aromatic N) is 6. The van der Waals surface area contributed by atoms with Crippen LogP contribution in [0.25, 0.3) is 27.6 Å². The number of piperazine rings is 1. The van der Waals surface area contributed by atoms with E-state index in [9.17, 15) is 17.6 Å². The molecule has 9 aromatic rings. The summed E-state index contributed by atoms with van der Waals surface area (Å²) in [6.45, 7) is 12.6. The van der Waals surface area contributed by atoms with Crippen LogP contribution >= 0.6 is 27.5 Å². The van der Waals surface area contributed by atoms with Gasteiger partial charge in [0.05, 0.1) is 48.4 Å². The van der Waals surface area contributed by atoms with E-state index in [2.05, 4.69) is 76.0 Å². The summed E-state index contributed by atoms with van der Waals surface area (Å²) in [6.07, 6.45) is 4.74. The summed E-state index contributed by atoms with van der Waals surface area (Å²) in [5.41, 5.74) is 11.6. The van der Waals surface area contributed by atoms with Crippen molar-refractivity contribution in [2.45, 2.75) is 72.1 Å². The quantitative estimate of drug-likeness (QED) is 0.0661. The number of halogens is 6. The summed E-state index contributed by atoms with van der Waals surface area (Å²) in [5.74, 6) is -0.0553. The molecule has 1 fully saturated rings. The lowest BCUT2D eigenvalue weighted by Gasteiger charge is -2.39. The van der Waals surface area contributed by atoms with E-state index in [0.717, 1.165) is 77.2 Å². The Morgan fingerprint density at radius 1 is 0.531 bits per heavy atom. The van der Waals surface area contributed by atoms with E-state index < -0.39 is 0 Å². The first-order valence-electron chi connectivity index (χ1n) is 27.5. The number of fused-ring (bicyclic) bond motifs is 2. The minimum Gasteiger partial charge on any atom is -0.494 e. The predicted octanol–water partition coefficient (Wildman–Crippen LogP) is 14.6. The number of benzene rings is 7. The van der Waals surface area contributed by atoms with Crippen LogP contribution in [0, 0.1) is 39.5 Å². The van der Waals surface area contributed by atoms with Gasteiger partial charge in [-0.1, -0.05) is 83.3 Å². The van der Waals surface area contributed by atoms with Crippen molar-refractivity contribution < 1.29 is 27.0 Å². The lowest BCUT2D eigenvalue weighted by molar-refractivity contribution is 0.256. The molecule has 0 saturated carbocycles. The van der Waals surface area contributed by atoms with Gasteiger partial charge in [-0.3, -0.25) is 15.7 Å². The number of rotatable bonds is 18. The molecule has 2 N–H and O–H groups in total. The maximum Gasteiger partial charge on any atom is 0.203 e. The molecule has 1 aliphatic carbocycles. The standard InChI is InChI=1S/C42H46ClF2N5O.C23H20BrF2N3O/c1-42(2)19-18-38(31-6-8-33(43)9-7-31)32(27-42)29-47-21-23-48(24-22-47)36-13-4-30(5-14-36)28-50-40-26-35(45)12-17-39(40)49(41(50)46)20-3-25-51-37-15-10-34(44)11-16-37;24-17-4-2-16(3-5-17)15-29-22-14-19(26)8-11-21(22)28(23(29)27)12-1-13-30-20-9-6-18(25)7-10-20/h4-17,26,46H,3,18-25,27-29H2,1-2H3;2-11,14,27H,1,12-13,15H2. The van der Waals surface area contributed by atoms with Crippen LogP contribution in [0.15, 0.2) is 168 Å². The van der Waals surface area contributed by atoms with E-state index in [1.165, 1.54) is 71.8 Å². The zero-order valence-corrected chi connectivity index (χ0v) is 47.9. The molecule has 1 aliphatic heterocycles. The highest BCUT2D eigenvalue weighted by atomic mass is 79.9. The average Bonchev–Trinajstić information content (AvgIpc) is 4.15. The molecule has 2 aromatic heterocycles. The van der Waals surface area contributed by atoms with Crippen LogP contribution in [-0.4, -0.2) is 69.1 Å². The molecule has 3 heterocycles. The minimum atomic E-state index is -0.330. The van der Waals surface area contributed by atoms with Crippen molar-refractivity contribution in [3.63, 3.8) is 0 Å². The number of anilines is 1. The van der Waals surface area contributed by atoms with E-state index in [1.54, 1.807) is 42.0 Å². The van der Waals surface area contributed by atoms with E-state index in [1.807, 2.05) is 54.7 Å². The van der Waals surface area contributed by atoms with Crippen molar-refractivity contribution in [3.8, 4) is 11.5 Å². The summed E-state index contributed by atoms with van der Waals surface area (Å²) in [7, 11) is 0. The first-order chi connectivity index (χ1) is 39.1. The zero-order valence-electron chi connectivity index (χ0n) is 45.6. The van der Waals surface area contributed by atoms with Crippen molar-refractivity contribution in [1.82, 2.24) is 23.2 Å². The molecule has 81 heavy (non-hydrogen) atoms. The molecule has 1 saturated heterocycles. The summed E-state index contributed by atoms with van der Waals surface area (Å²) in [6, 6.07) is 46.0. The van der Waals surface area contributed by atoms with Crippen molar-refractivity contribution in [1.29, 1.82) is 10.8 Å². The Morgan fingerprint density at radius 2 is 1.00 bits per heavy atom. The first kappa shape index (κ1) is 56.9. The highest BCUT2D eigenvalue weighted by Gasteiger charge is 2.30. The fourth-order valence-corrected chi connectivity index (χ4v) is 11.4. The van der Waals surface area contributed by atoms with Gasteiger partial charge in [-0.15, -0.1) is 0 Å². The van der Waals surface area contributed by atoms with Gasteiger partial charge < -0.3 is 32.6 Å². The molecule has 420 valence electrons. The second-order valence-corrected chi connectivity index (χ2v) is 23.0. The maximum absolute atomic E-state index is 14.4. The van der Waals surface area contributed by atoms with Crippen molar-refractivity contribution in [2.75, 3.05) is 50.8 Å². The van der Waals surface area contributed by atoms with Crippen LogP contribution in [0.3, 0.4) is 0 Å². The fourth-order valence-electron chi connectivity index (χ4n) is 11.1. The van der Waals surface area contributed by atoms with Crippen LogP contribution in [0.1, 0.15) is 62.6 Å². The molecule has 0 atom stereocenters. The summed E-state index contributed by atoms with van der Waals surface area (Å²) >= 11 is 9.63. The Morgan fingerprint density at radius 3 is 1.49 bits per heavy atom. The maximum atomic E-state index is 14.4. The zero-order chi connectivity index (χ0) is 56.6. The van der Waals surface area contributed by atoms with Crippen molar-refractivity contribution >= 4 is 60.9 Å². The molecule has 16 heteroatoms. The van der Waals surface area contributed by atoms with Gasteiger partial charge in [0.15, 0.2) is 0 Å². The van der Waals surface area contributed by atoms with Crippen LogP contribution < -0.4 is 25.6 Å². The van der Waals surface area contributed by atoms with E-state index >= 15 is 0 Å². The molecular weight excluding hydrogens is 1120 g/mol. The smallest absolute Gasteiger partial charge is 0.203 e. The van der Waals surface area contributed by atoms with Gasteiger partial charge in [0.1, 0.15) is 34.8 Å². The molecule has 11 rings (SSSR count). The number of allylic oxidation sites excluding steroid dienone is 1. The average molecular weight is 1180 g/mol. The van der Waals surface area contributed by atoms with Gasteiger partial charge in [0.25, 0.3) is 0 Å². The van der Waals surface area contributed by atoms with E-state index in [4.69, 9.17) is 31.9 Å². The number of ether oxygens (including phenoxy) is 2. The molecule has 0 bridgehead atoms. The molecule has 0 radical (unpaired) electrons. The third-order valence-corrected chi connectivity index (χ3v) is 16.1. The SMILES string of the molecule is CC1(C)CCC(c2ccc(Cl)cc2)=C(CN2CCN(c3ccc(Cn4c(=N)n(CCCOc5ccc(F)cc5)c5ccc(F)cc54)cc3)CC2)C1.N=c1n(CCCOc2ccc(F)cc2)c2ccc(F)cc2n1Cc1ccc(Br)cc1. The van der Waals surface area contributed by atoms with Crippen molar-refractivity contribution in [3.05, 3.63) is 224 Å². The van der Waals surface area contributed by atoms with Gasteiger partial charge in [-0.2, -0.15) is 0 Å². The Labute approximate surface area is 483 Å². The minimum absolute atomic E-state index is 0.303.